The summed E-state index contributed by atoms with van der Waals surface area (Å²) in [5, 5.41) is 3.24. The van der Waals surface area contributed by atoms with Gasteiger partial charge in [-0.3, -0.25) is 9.97 Å². The number of benzene rings is 1. The van der Waals surface area contributed by atoms with Crippen LogP contribution < -0.4 is 5.32 Å². The molecule has 2 rings (SSSR count). The van der Waals surface area contributed by atoms with Crippen molar-refractivity contribution in [3.63, 3.8) is 0 Å². The molecule has 0 aliphatic rings. The molecule has 2 unspecified atom stereocenters. The second-order valence-electron chi connectivity index (χ2n) is 3.96. The fraction of sp³-hybridized carbons (Fsp3) is 0.286. The van der Waals surface area contributed by atoms with E-state index >= 15 is 0 Å². The van der Waals surface area contributed by atoms with Gasteiger partial charge in [0.25, 0.3) is 0 Å². The number of hydrogen-bond acceptors (Lipinski definition) is 4. The van der Waals surface area contributed by atoms with Crippen molar-refractivity contribution in [2.45, 2.75) is 12.1 Å². The fourth-order valence-electron chi connectivity index (χ4n) is 2.03. The monoisotopic (exact) mass is 243 g/mol. The van der Waals surface area contributed by atoms with E-state index in [1.165, 1.54) is 0 Å². The Bertz CT molecular complexity index is 415. The zero-order chi connectivity index (χ0) is 12.8. The third-order valence-electron chi connectivity index (χ3n) is 2.90. The molecule has 1 N–H and O–H groups in total. The molecule has 94 valence electrons. The van der Waals surface area contributed by atoms with Crippen molar-refractivity contribution in [2.24, 2.45) is 0 Å². The first-order valence-electron chi connectivity index (χ1n) is 5.87. The first-order valence-corrected chi connectivity index (χ1v) is 5.87. The van der Waals surface area contributed by atoms with E-state index in [0.29, 0.717) is 0 Å². The molecule has 0 radical (unpaired) electrons. The maximum Gasteiger partial charge on any atom is 0.103 e. The van der Waals surface area contributed by atoms with Crippen LogP contribution in [0.1, 0.15) is 23.4 Å². The molecule has 18 heavy (non-hydrogen) atoms. The van der Waals surface area contributed by atoms with Gasteiger partial charge in [-0.2, -0.15) is 0 Å². The number of nitrogens with zero attached hydrogens (tertiary/aromatic N) is 2. The van der Waals surface area contributed by atoms with E-state index < -0.39 is 0 Å². The normalized spacial score (nSPS) is 14.1. The summed E-state index contributed by atoms with van der Waals surface area (Å²) in [5.41, 5.74) is 1.99. The van der Waals surface area contributed by atoms with Crippen LogP contribution in [0.4, 0.5) is 0 Å². The number of hydrogen-bond donors (Lipinski definition) is 1. The number of methoxy groups -OCH3 is 1. The largest absolute Gasteiger partial charge is 0.375 e. The Kier molecular flexibility index (Phi) is 4.39. The van der Waals surface area contributed by atoms with Gasteiger partial charge in [0, 0.05) is 19.5 Å². The van der Waals surface area contributed by atoms with E-state index in [-0.39, 0.29) is 12.1 Å². The zero-order valence-corrected chi connectivity index (χ0v) is 10.6. The molecule has 0 aliphatic heterocycles. The Morgan fingerprint density at radius 1 is 1.17 bits per heavy atom. The van der Waals surface area contributed by atoms with Crippen molar-refractivity contribution < 1.29 is 4.74 Å². The van der Waals surface area contributed by atoms with Crippen LogP contribution in [0.25, 0.3) is 0 Å². The summed E-state index contributed by atoms with van der Waals surface area (Å²) in [5.74, 6) is 0. The van der Waals surface area contributed by atoms with Crippen LogP contribution in [-0.4, -0.2) is 24.1 Å². The molecule has 0 saturated heterocycles. The minimum absolute atomic E-state index is 0.0221. The molecule has 1 aromatic carbocycles. The smallest absolute Gasteiger partial charge is 0.103 e. The van der Waals surface area contributed by atoms with Gasteiger partial charge in [0.15, 0.2) is 0 Å². The quantitative estimate of drug-likeness (QED) is 0.874. The lowest BCUT2D eigenvalue weighted by Gasteiger charge is -2.25. The van der Waals surface area contributed by atoms with Gasteiger partial charge in [-0.05, 0) is 12.6 Å². The molecule has 0 amide bonds. The summed E-state index contributed by atoms with van der Waals surface area (Å²) in [6, 6.07) is 10.1. The van der Waals surface area contributed by atoms with Crippen molar-refractivity contribution in [1.29, 1.82) is 0 Å². The van der Waals surface area contributed by atoms with Crippen molar-refractivity contribution >= 4 is 0 Å². The Morgan fingerprint density at radius 2 is 1.94 bits per heavy atom. The molecular formula is C14H17N3O. The summed E-state index contributed by atoms with van der Waals surface area (Å²) in [4.78, 5) is 8.45. The van der Waals surface area contributed by atoms with E-state index in [0.717, 1.165) is 11.3 Å². The molecule has 2 aromatic rings. The summed E-state index contributed by atoms with van der Waals surface area (Å²) in [6.07, 6.45) is 5.03. The lowest BCUT2D eigenvalue weighted by atomic mass is 10.00. The summed E-state index contributed by atoms with van der Waals surface area (Å²) < 4.78 is 5.61. The first-order chi connectivity index (χ1) is 8.86. The highest BCUT2D eigenvalue weighted by Crippen LogP contribution is 2.29. The van der Waals surface area contributed by atoms with E-state index in [2.05, 4.69) is 27.4 Å². The maximum atomic E-state index is 5.61. The topological polar surface area (TPSA) is 47.0 Å². The Balaban J connectivity index is 2.31. The maximum absolute atomic E-state index is 5.61. The first kappa shape index (κ1) is 12.7. The highest BCUT2D eigenvalue weighted by atomic mass is 16.5. The zero-order valence-electron chi connectivity index (χ0n) is 10.6. The third-order valence-corrected chi connectivity index (χ3v) is 2.90. The van der Waals surface area contributed by atoms with Gasteiger partial charge < -0.3 is 10.1 Å². The van der Waals surface area contributed by atoms with Crippen molar-refractivity contribution in [1.82, 2.24) is 15.3 Å². The number of nitrogens with one attached hydrogen (secondary N) is 1. The van der Waals surface area contributed by atoms with Crippen molar-refractivity contribution in [2.75, 3.05) is 14.2 Å². The number of likely N-dealkylation sites (N-methyl/N-ethyl adjacent to an activating group) is 1. The van der Waals surface area contributed by atoms with Gasteiger partial charge in [0.05, 0.1) is 17.9 Å². The summed E-state index contributed by atoms with van der Waals surface area (Å²) in [7, 11) is 3.60. The predicted molar refractivity (Wildman–Crippen MR) is 70.0 cm³/mol. The Morgan fingerprint density at radius 3 is 2.50 bits per heavy atom. The van der Waals surface area contributed by atoms with Crippen LogP contribution in [-0.2, 0) is 4.74 Å². The standard InChI is InChI=1S/C14H17N3O/c1-15-13(12-10-16-8-9-17-12)14(18-2)11-6-4-3-5-7-11/h3-10,13-15H,1-2H3. The predicted octanol–water partition coefficient (Wildman–Crippen LogP) is 2.12. The van der Waals surface area contributed by atoms with Gasteiger partial charge >= 0.3 is 0 Å². The van der Waals surface area contributed by atoms with Gasteiger partial charge in [-0.25, -0.2) is 0 Å². The molecule has 2 atom stereocenters. The Hall–Kier alpha value is -1.78. The molecule has 1 heterocycles. The van der Waals surface area contributed by atoms with Gasteiger partial charge in [-0.15, -0.1) is 0 Å². The second kappa shape index (κ2) is 6.23. The van der Waals surface area contributed by atoms with Crippen LogP contribution in [0.2, 0.25) is 0 Å². The van der Waals surface area contributed by atoms with E-state index in [1.54, 1.807) is 25.7 Å². The summed E-state index contributed by atoms with van der Waals surface area (Å²) in [6.45, 7) is 0. The molecule has 1 aromatic heterocycles. The molecular weight excluding hydrogens is 226 g/mol. The fourth-order valence-corrected chi connectivity index (χ4v) is 2.03. The average molecular weight is 243 g/mol. The average Bonchev–Trinajstić information content (AvgIpc) is 2.46. The van der Waals surface area contributed by atoms with Crippen LogP contribution in [0.15, 0.2) is 48.9 Å². The number of aromatic nitrogens is 2. The van der Waals surface area contributed by atoms with E-state index in [9.17, 15) is 0 Å². The van der Waals surface area contributed by atoms with Crippen LogP contribution in [0, 0.1) is 0 Å². The highest BCUT2D eigenvalue weighted by Gasteiger charge is 2.24. The molecule has 0 aliphatic carbocycles. The lowest BCUT2D eigenvalue weighted by molar-refractivity contribution is 0.0687. The minimum atomic E-state index is -0.0899. The van der Waals surface area contributed by atoms with Gasteiger partial charge in [0.1, 0.15) is 6.10 Å². The number of rotatable bonds is 5. The molecule has 4 nitrogen and oxygen atoms in total. The molecule has 0 spiro atoms. The van der Waals surface area contributed by atoms with E-state index in [1.807, 2.05) is 25.2 Å². The van der Waals surface area contributed by atoms with Gasteiger partial charge in [-0.1, -0.05) is 30.3 Å². The SMILES string of the molecule is CNC(c1cnccn1)C(OC)c1ccccc1. The van der Waals surface area contributed by atoms with Crippen LogP contribution >= 0.6 is 0 Å². The number of ether oxygens (including phenoxy) is 1. The molecule has 0 saturated carbocycles. The molecule has 4 heteroatoms. The highest BCUT2D eigenvalue weighted by molar-refractivity contribution is 5.21. The lowest BCUT2D eigenvalue weighted by Crippen LogP contribution is -2.26. The molecule has 0 bridgehead atoms. The van der Waals surface area contributed by atoms with Gasteiger partial charge in [0.2, 0.25) is 0 Å². The second-order valence-corrected chi connectivity index (χ2v) is 3.96. The third kappa shape index (κ3) is 2.72. The van der Waals surface area contributed by atoms with Crippen molar-refractivity contribution in [3.05, 3.63) is 60.2 Å². The minimum Gasteiger partial charge on any atom is -0.375 e. The molecule has 0 fully saturated rings. The van der Waals surface area contributed by atoms with E-state index in [4.69, 9.17) is 4.74 Å². The van der Waals surface area contributed by atoms with Crippen LogP contribution in [0.3, 0.4) is 0 Å². The Labute approximate surface area is 107 Å². The van der Waals surface area contributed by atoms with Crippen molar-refractivity contribution in [3.8, 4) is 0 Å². The summed E-state index contributed by atoms with van der Waals surface area (Å²) >= 11 is 0. The van der Waals surface area contributed by atoms with Crippen LogP contribution in [0.5, 0.6) is 0 Å².